The normalized spacial score (nSPS) is 11.5. The first-order valence-corrected chi connectivity index (χ1v) is 7.05. The molecule has 3 nitrogen and oxygen atoms in total. The smallest absolute Gasteiger partial charge is 0.302 e. The molecular formula is C12H17FO3S. The Hall–Kier alpha value is -1.10. The van der Waals surface area contributed by atoms with E-state index in [4.69, 9.17) is 4.74 Å². The molecule has 0 N–H and O–H groups in total. The van der Waals surface area contributed by atoms with Crippen molar-refractivity contribution in [1.29, 1.82) is 0 Å². The van der Waals surface area contributed by atoms with Crippen LogP contribution in [-0.2, 0) is 10.2 Å². The molecule has 17 heavy (non-hydrogen) atoms. The number of ether oxygens (including phenoxy) is 1. The first-order valence-electron chi connectivity index (χ1n) is 5.50. The van der Waals surface area contributed by atoms with E-state index in [1.54, 1.807) is 0 Å². The Kier molecular flexibility index (Phi) is 4.93. The largest absolute Gasteiger partial charge is 0.494 e. The predicted octanol–water partition coefficient (Wildman–Crippen LogP) is 2.76. The van der Waals surface area contributed by atoms with Crippen molar-refractivity contribution < 1.29 is 17.0 Å². The van der Waals surface area contributed by atoms with Gasteiger partial charge in [-0.1, -0.05) is 6.07 Å². The number of rotatable bonds is 6. The number of aryl methyl sites for hydroxylation is 2. The summed E-state index contributed by atoms with van der Waals surface area (Å²) in [4.78, 5) is 0. The van der Waals surface area contributed by atoms with Crippen LogP contribution in [0.2, 0.25) is 0 Å². The third-order valence-corrected chi connectivity index (χ3v) is 3.02. The molecule has 96 valence electrons. The second-order valence-electron chi connectivity index (χ2n) is 4.12. The van der Waals surface area contributed by atoms with Crippen molar-refractivity contribution in [3.8, 4) is 5.75 Å². The minimum Gasteiger partial charge on any atom is -0.494 e. The van der Waals surface area contributed by atoms with Crippen LogP contribution in [0.25, 0.3) is 0 Å². The maximum absolute atomic E-state index is 12.2. The zero-order valence-electron chi connectivity index (χ0n) is 10.1. The Labute approximate surface area is 102 Å². The Morgan fingerprint density at radius 2 is 1.71 bits per heavy atom. The quantitative estimate of drug-likeness (QED) is 0.583. The molecule has 0 fully saturated rings. The molecule has 0 heterocycles. The topological polar surface area (TPSA) is 43.4 Å². The van der Waals surface area contributed by atoms with Crippen LogP contribution in [-0.4, -0.2) is 20.8 Å². The lowest BCUT2D eigenvalue weighted by molar-refractivity contribution is 0.309. The summed E-state index contributed by atoms with van der Waals surface area (Å²) < 4.78 is 38.1. The van der Waals surface area contributed by atoms with Crippen molar-refractivity contribution in [1.82, 2.24) is 0 Å². The van der Waals surface area contributed by atoms with Gasteiger partial charge in [0.1, 0.15) is 5.75 Å². The van der Waals surface area contributed by atoms with Crippen molar-refractivity contribution >= 4 is 10.2 Å². The van der Waals surface area contributed by atoms with Crippen LogP contribution < -0.4 is 4.74 Å². The molecule has 1 rings (SSSR count). The number of hydrogen-bond acceptors (Lipinski definition) is 3. The van der Waals surface area contributed by atoms with E-state index < -0.39 is 16.0 Å². The molecule has 1 aromatic rings. The maximum atomic E-state index is 12.2. The summed E-state index contributed by atoms with van der Waals surface area (Å²) in [5, 5.41) is 0. The van der Waals surface area contributed by atoms with Gasteiger partial charge in [0, 0.05) is 0 Å². The highest BCUT2D eigenvalue weighted by atomic mass is 32.3. The Balaban J connectivity index is 2.31. The van der Waals surface area contributed by atoms with Crippen LogP contribution in [0.3, 0.4) is 0 Å². The number of benzene rings is 1. The molecule has 0 aliphatic carbocycles. The standard InChI is InChI=1S/C12H17FO3S/c1-10-7-11(2)9-12(8-10)16-5-3-4-6-17(13,14)15/h7-9H,3-6H2,1-2H3. The summed E-state index contributed by atoms with van der Waals surface area (Å²) in [6.45, 7) is 4.36. The van der Waals surface area contributed by atoms with E-state index in [0.717, 1.165) is 16.9 Å². The van der Waals surface area contributed by atoms with Gasteiger partial charge in [-0.15, -0.1) is 3.89 Å². The van der Waals surface area contributed by atoms with Gasteiger partial charge < -0.3 is 4.74 Å². The summed E-state index contributed by atoms with van der Waals surface area (Å²) in [5.41, 5.74) is 2.23. The molecular weight excluding hydrogens is 243 g/mol. The lowest BCUT2D eigenvalue weighted by Gasteiger charge is -2.07. The van der Waals surface area contributed by atoms with Gasteiger partial charge in [0.05, 0.1) is 12.4 Å². The second-order valence-corrected chi connectivity index (χ2v) is 5.61. The molecule has 0 aliphatic rings. The highest BCUT2D eigenvalue weighted by molar-refractivity contribution is 7.86. The molecule has 5 heteroatoms. The molecule has 0 atom stereocenters. The fourth-order valence-corrected chi connectivity index (χ4v) is 2.13. The van der Waals surface area contributed by atoms with E-state index in [2.05, 4.69) is 0 Å². The first kappa shape index (κ1) is 14.0. The van der Waals surface area contributed by atoms with Crippen LogP contribution in [0, 0.1) is 13.8 Å². The highest BCUT2D eigenvalue weighted by Gasteiger charge is 2.05. The van der Waals surface area contributed by atoms with Gasteiger partial charge in [-0.3, -0.25) is 0 Å². The monoisotopic (exact) mass is 260 g/mol. The van der Waals surface area contributed by atoms with Crippen LogP contribution >= 0.6 is 0 Å². The van der Waals surface area contributed by atoms with Crippen LogP contribution in [0.4, 0.5) is 3.89 Å². The molecule has 0 spiro atoms. The molecule has 0 aliphatic heterocycles. The summed E-state index contributed by atoms with van der Waals surface area (Å²) in [6, 6.07) is 5.88. The fourth-order valence-electron chi connectivity index (χ4n) is 1.58. The van der Waals surface area contributed by atoms with Crippen molar-refractivity contribution in [3.63, 3.8) is 0 Å². The highest BCUT2D eigenvalue weighted by Crippen LogP contribution is 2.16. The average molecular weight is 260 g/mol. The van der Waals surface area contributed by atoms with Crippen LogP contribution in [0.5, 0.6) is 5.75 Å². The van der Waals surface area contributed by atoms with Gasteiger partial charge in [-0.05, 0) is 49.9 Å². The number of hydrogen-bond donors (Lipinski definition) is 0. The third-order valence-electron chi connectivity index (χ3n) is 2.25. The molecule has 0 saturated heterocycles. The summed E-state index contributed by atoms with van der Waals surface area (Å²) in [6.07, 6.45) is 0.805. The zero-order chi connectivity index (χ0) is 12.9. The molecule has 0 amide bonds. The number of halogens is 1. The van der Waals surface area contributed by atoms with Crippen LogP contribution in [0.15, 0.2) is 18.2 Å². The molecule has 0 bridgehead atoms. The first-order chi connectivity index (χ1) is 7.87. The van der Waals surface area contributed by atoms with Gasteiger partial charge in [-0.2, -0.15) is 8.42 Å². The van der Waals surface area contributed by atoms with E-state index >= 15 is 0 Å². The summed E-state index contributed by atoms with van der Waals surface area (Å²) in [7, 11) is -4.34. The van der Waals surface area contributed by atoms with Crippen molar-refractivity contribution in [2.45, 2.75) is 26.7 Å². The lowest BCUT2D eigenvalue weighted by Crippen LogP contribution is -2.03. The minimum absolute atomic E-state index is 0.281. The molecule has 1 aromatic carbocycles. The minimum atomic E-state index is -4.34. The van der Waals surface area contributed by atoms with Crippen molar-refractivity contribution in [2.24, 2.45) is 0 Å². The van der Waals surface area contributed by atoms with Crippen molar-refractivity contribution in [3.05, 3.63) is 29.3 Å². The molecule has 0 saturated carbocycles. The second kappa shape index (κ2) is 6.00. The van der Waals surface area contributed by atoms with E-state index in [-0.39, 0.29) is 6.42 Å². The SMILES string of the molecule is Cc1cc(C)cc(OCCCCS(=O)(=O)F)c1. The zero-order valence-corrected chi connectivity index (χ0v) is 10.9. The van der Waals surface area contributed by atoms with E-state index in [1.165, 1.54) is 0 Å². The van der Waals surface area contributed by atoms with Gasteiger partial charge in [0.25, 0.3) is 0 Å². The van der Waals surface area contributed by atoms with Gasteiger partial charge in [0.15, 0.2) is 0 Å². The average Bonchev–Trinajstić information content (AvgIpc) is 2.13. The van der Waals surface area contributed by atoms with Gasteiger partial charge in [-0.25, -0.2) is 0 Å². The van der Waals surface area contributed by atoms with Crippen molar-refractivity contribution in [2.75, 3.05) is 12.4 Å². The third kappa shape index (κ3) is 6.26. The summed E-state index contributed by atoms with van der Waals surface area (Å²) >= 11 is 0. The number of unbranched alkanes of at least 4 members (excludes halogenated alkanes) is 1. The fraction of sp³-hybridized carbons (Fsp3) is 0.500. The Bertz CT molecular complexity index is 448. The lowest BCUT2D eigenvalue weighted by atomic mass is 10.1. The van der Waals surface area contributed by atoms with E-state index in [9.17, 15) is 12.3 Å². The van der Waals surface area contributed by atoms with Crippen LogP contribution in [0.1, 0.15) is 24.0 Å². The summed E-state index contributed by atoms with van der Waals surface area (Å²) in [5.74, 6) is 0.342. The van der Waals surface area contributed by atoms with Gasteiger partial charge >= 0.3 is 10.2 Å². The Morgan fingerprint density at radius 3 is 2.24 bits per heavy atom. The Morgan fingerprint density at radius 1 is 1.12 bits per heavy atom. The van der Waals surface area contributed by atoms with E-state index in [0.29, 0.717) is 13.0 Å². The maximum Gasteiger partial charge on any atom is 0.302 e. The van der Waals surface area contributed by atoms with Gasteiger partial charge in [0.2, 0.25) is 0 Å². The predicted molar refractivity (Wildman–Crippen MR) is 65.5 cm³/mol. The van der Waals surface area contributed by atoms with E-state index in [1.807, 2.05) is 32.0 Å². The molecule has 0 aromatic heterocycles. The molecule has 0 radical (unpaired) electrons. The molecule has 0 unspecified atom stereocenters.